The second-order valence-corrected chi connectivity index (χ2v) is 8.81. The van der Waals surface area contributed by atoms with Gasteiger partial charge in [-0.25, -0.2) is 0 Å². The van der Waals surface area contributed by atoms with E-state index in [2.05, 4.69) is 5.32 Å². The lowest BCUT2D eigenvalue weighted by Crippen LogP contribution is -2.54. The summed E-state index contributed by atoms with van der Waals surface area (Å²) in [5, 5.41) is 2.82. The van der Waals surface area contributed by atoms with Gasteiger partial charge in [0.2, 0.25) is 5.91 Å². The Hall–Kier alpha value is -3.35. The van der Waals surface area contributed by atoms with Gasteiger partial charge in [0.15, 0.2) is 5.60 Å². The number of anilines is 2. The van der Waals surface area contributed by atoms with Crippen molar-refractivity contribution in [3.8, 4) is 5.75 Å². The summed E-state index contributed by atoms with van der Waals surface area (Å²) in [7, 11) is 0. The monoisotopic (exact) mass is 435 g/mol. The van der Waals surface area contributed by atoms with Crippen LogP contribution in [0.1, 0.15) is 49.9 Å². The van der Waals surface area contributed by atoms with Crippen molar-refractivity contribution in [2.75, 3.05) is 29.9 Å². The van der Waals surface area contributed by atoms with Crippen molar-refractivity contribution in [1.29, 1.82) is 0 Å². The zero-order chi connectivity index (χ0) is 22.7. The summed E-state index contributed by atoms with van der Waals surface area (Å²) in [5.41, 5.74) is 0.479. The molecular weight excluding hydrogens is 406 g/mol. The van der Waals surface area contributed by atoms with Crippen molar-refractivity contribution in [3.63, 3.8) is 0 Å². The second kappa shape index (κ2) is 9.02. The van der Waals surface area contributed by atoms with Gasteiger partial charge in [0.25, 0.3) is 11.8 Å². The molecule has 0 saturated carbocycles. The molecule has 0 spiro atoms. The number of rotatable bonds is 4. The molecular formula is C25H29N3O4. The van der Waals surface area contributed by atoms with Gasteiger partial charge in [0.1, 0.15) is 12.3 Å². The molecule has 7 heteroatoms. The van der Waals surface area contributed by atoms with Crippen LogP contribution in [0.5, 0.6) is 5.75 Å². The minimum Gasteiger partial charge on any atom is -0.476 e. The molecule has 2 aliphatic heterocycles. The fourth-order valence-corrected chi connectivity index (χ4v) is 4.18. The molecule has 1 fully saturated rings. The van der Waals surface area contributed by atoms with Crippen LogP contribution in [0.3, 0.4) is 0 Å². The number of nitrogens with one attached hydrogen (secondary N) is 1. The average Bonchev–Trinajstić information content (AvgIpc) is 3.06. The lowest BCUT2D eigenvalue weighted by molar-refractivity contribution is -0.133. The van der Waals surface area contributed by atoms with Gasteiger partial charge >= 0.3 is 0 Å². The van der Waals surface area contributed by atoms with Crippen LogP contribution in [0, 0.1) is 0 Å². The molecule has 0 unspecified atom stereocenters. The van der Waals surface area contributed by atoms with Crippen molar-refractivity contribution in [3.05, 3.63) is 54.1 Å². The first kappa shape index (κ1) is 21.9. The highest BCUT2D eigenvalue weighted by Gasteiger charge is 2.42. The third-order valence-electron chi connectivity index (χ3n) is 5.87. The number of para-hydroxylation sites is 1. The molecule has 0 aliphatic carbocycles. The Bertz CT molecular complexity index is 1010. The van der Waals surface area contributed by atoms with Gasteiger partial charge in [-0.2, -0.15) is 0 Å². The van der Waals surface area contributed by atoms with Crippen molar-refractivity contribution >= 4 is 29.1 Å². The normalized spacial score (nSPS) is 17.8. The molecule has 32 heavy (non-hydrogen) atoms. The topological polar surface area (TPSA) is 79.0 Å². The number of fused-ring (bicyclic) bond motifs is 1. The third kappa shape index (κ3) is 4.61. The predicted molar refractivity (Wildman–Crippen MR) is 123 cm³/mol. The van der Waals surface area contributed by atoms with E-state index in [-0.39, 0.29) is 24.3 Å². The maximum atomic E-state index is 13.2. The standard InChI is InChI=1S/C25H29N3O4/c1-25(2)24(31)28(17-22(29)26-19-10-6-5-7-11-19)20-16-18(12-13-21(20)32-25)23(30)27-14-8-3-4-9-15-27/h5-7,10-13,16H,3-4,8-9,14-15,17H2,1-2H3,(H,26,29). The number of ether oxygens (including phenoxy) is 1. The van der Waals surface area contributed by atoms with Crippen LogP contribution >= 0.6 is 0 Å². The van der Waals surface area contributed by atoms with E-state index in [1.165, 1.54) is 4.90 Å². The number of carbonyl (C=O) groups excluding carboxylic acids is 3. The van der Waals surface area contributed by atoms with Crippen molar-refractivity contribution < 1.29 is 19.1 Å². The maximum Gasteiger partial charge on any atom is 0.271 e. The molecule has 4 rings (SSSR count). The first-order valence-corrected chi connectivity index (χ1v) is 11.1. The van der Waals surface area contributed by atoms with Crippen LogP contribution in [0.2, 0.25) is 0 Å². The number of amides is 3. The highest BCUT2D eigenvalue weighted by molar-refractivity contribution is 6.08. The van der Waals surface area contributed by atoms with E-state index in [0.29, 0.717) is 22.7 Å². The van der Waals surface area contributed by atoms with E-state index in [9.17, 15) is 14.4 Å². The maximum absolute atomic E-state index is 13.2. The highest BCUT2D eigenvalue weighted by atomic mass is 16.5. The fourth-order valence-electron chi connectivity index (χ4n) is 4.18. The zero-order valence-electron chi connectivity index (χ0n) is 18.6. The lowest BCUT2D eigenvalue weighted by atomic mass is 10.0. The summed E-state index contributed by atoms with van der Waals surface area (Å²) in [6, 6.07) is 14.2. The van der Waals surface area contributed by atoms with E-state index in [1.807, 2.05) is 23.1 Å². The highest BCUT2D eigenvalue weighted by Crippen LogP contribution is 2.38. The number of likely N-dealkylation sites (tertiary alicyclic amines) is 1. The second-order valence-electron chi connectivity index (χ2n) is 8.81. The molecule has 0 radical (unpaired) electrons. The van der Waals surface area contributed by atoms with Gasteiger partial charge < -0.3 is 15.0 Å². The van der Waals surface area contributed by atoms with Crippen LogP contribution in [0.15, 0.2) is 48.5 Å². The summed E-state index contributed by atoms with van der Waals surface area (Å²) in [6.45, 7) is 4.66. The Kier molecular flexibility index (Phi) is 6.17. The number of benzene rings is 2. The third-order valence-corrected chi connectivity index (χ3v) is 5.87. The molecule has 3 amide bonds. The Labute approximate surface area is 188 Å². The molecule has 0 bridgehead atoms. The number of hydrogen-bond donors (Lipinski definition) is 1. The summed E-state index contributed by atoms with van der Waals surface area (Å²) < 4.78 is 5.91. The van der Waals surface area contributed by atoms with E-state index >= 15 is 0 Å². The molecule has 2 heterocycles. The SMILES string of the molecule is CC1(C)Oc2ccc(C(=O)N3CCCCCC3)cc2N(CC(=O)Nc2ccccc2)C1=O. The Morgan fingerprint density at radius 2 is 1.69 bits per heavy atom. The Morgan fingerprint density at radius 1 is 1.00 bits per heavy atom. The molecule has 7 nitrogen and oxygen atoms in total. The van der Waals surface area contributed by atoms with Crippen LogP contribution in [0.25, 0.3) is 0 Å². The van der Waals surface area contributed by atoms with Gasteiger partial charge in [0, 0.05) is 24.3 Å². The van der Waals surface area contributed by atoms with Gasteiger partial charge in [-0.3, -0.25) is 19.3 Å². The molecule has 1 saturated heterocycles. The molecule has 2 aliphatic rings. The van der Waals surface area contributed by atoms with E-state index < -0.39 is 5.60 Å². The quantitative estimate of drug-likeness (QED) is 0.791. The van der Waals surface area contributed by atoms with Crippen LogP contribution in [0.4, 0.5) is 11.4 Å². The van der Waals surface area contributed by atoms with Crippen molar-refractivity contribution in [2.45, 2.75) is 45.1 Å². The summed E-state index contributed by atoms with van der Waals surface area (Å²) >= 11 is 0. The molecule has 168 valence electrons. The van der Waals surface area contributed by atoms with Gasteiger partial charge in [0.05, 0.1) is 5.69 Å². The lowest BCUT2D eigenvalue weighted by Gasteiger charge is -2.38. The number of nitrogens with zero attached hydrogens (tertiary/aromatic N) is 2. The van der Waals surface area contributed by atoms with E-state index in [4.69, 9.17) is 4.74 Å². The summed E-state index contributed by atoms with van der Waals surface area (Å²) in [4.78, 5) is 42.3. The first-order valence-electron chi connectivity index (χ1n) is 11.1. The molecule has 0 atom stereocenters. The molecule has 0 aromatic heterocycles. The minimum atomic E-state index is -1.11. The first-order chi connectivity index (χ1) is 15.3. The predicted octanol–water partition coefficient (Wildman–Crippen LogP) is 3.85. The van der Waals surface area contributed by atoms with Crippen LogP contribution < -0.4 is 15.0 Å². The van der Waals surface area contributed by atoms with Crippen LogP contribution in [-0.2, 0) is 9.59 Å². The van der Waals surface area contributed by atoms with Crippen molar-refractivity contribution in [2.24, 2.45) is 0 Å². The fraction of sp³-hybridized carbons (Fsp3) is 0.400. The van der Waals surface area contributed by atoms with E-state index in [0.717, 1.165) is 38.8 Å². The minimum absolute atomic E-state index is 0.0549. The molecule has 2 aromatic rings. The number of carbonyl (C=O) groups is 3. The Morgan fingerprint density at radius 3 is 2.38 bits per heavy atom. The molecule has 2 aromatic carbocycles. The van der Waals surface area contributed by atoms with Gasteiger partial charge in [-0.1, -0.05) is 31.0 Å². The number of hydrogen-bond acceptors (Lipinski definition) is 4. The Balaban J connectivity index is 1.60. The summed E-state index contributed by atoms with van der Waals surface area (Å²) in [6.07, 6.45) is 4.27. The zero-order valence-corrected chi connectivity index (χ0v) is 18.6. The van der Waals surface area contributed by atoms with Gasteiger partial charge in [-0.05, 0) is 57.0 Å². The van der Waals surface area contributed by atoms with Gasteiger partial charge in [-0.15, -0.1) is 0 Å². The smallest absolute Gasteiger partial charge is 0.271 e. The largest absolute Gasteiger partial charge is 0.476 e. The van der Waals surface area contributed by atoms with Crippen LogP contribution in [-0.4, -0.2) is 47.9 Å². The summed E-state index contributed by atoms with van der Waals surface area (Å²) in [5.74, 6) is -0.222. The van der Waals surface area contributed by atoms with E-state index in [1.54, 1.807) is 44.2 Å². The average molecular weight is 436 g/mol. The van der Waals surface area contributed by atoms with Crippen molar-refractivity contribution in [1.82, 2.24) is 4.90 Å². The molecule has 1 N–H and O–H groups in total.